The van der Waals surface area contributed by atoms with Crippen LogP contribution in [0.5, 0.6) is 5.88 Å². The van der Waals surface area contributed by atoms with E-state index in [0.717, 1.165) is 29.2 Å². The van der Waals surface area contributed by atoms with Gasteiger partial charge in [0.05, 0.1) is 12.8 Å². The summed E-state index contributed by atoms with van der Waals surface area (Å²) in [5, 5.41) is 0. The van der Waals surface area contributed by atoms with Crippen molar-refractivity contribution < 1.29 is 4.74 Å². The molecule has 0 fully saturated rings. The van der Waals surface area contributed by atoms with Crippen LogP contribution >= 0.6 is 11.8 Å². The molecule has 13 heavy (non-hydrogen) atoms. The lowest BCUT2D eigenvalue weighted by atomic mass is 10.2. The predicted molar refractivity (Wildman–Crippen MR) is 52.9 cm³/mol. The zero-order chi connectivity index (χ0) is 9.26. The molecule has 1 aliphatic heterocycles. The summed E-state index contributed by atoms with van der Waals surface area (Å²) in [6.45, 7) is 0. The minimum Gasteiger partial charge on any atom is -0.481 e. The highest BCUT2D eigenvalue weighted by Crippen LogP contribution is 2.29. The minimum absolute atomic E-state index is 0.304. The third-order valence-electron chi connectivity index (χ3n) is 2.00. The summed E-state index contributed by atoms with van der Waals surface area (Å²) in [5.41, 5.74) is 7.70. The molecular weight excluding hydrogens is 186 g/mol. The Morgan fingerprint density at radius 3 is 3.08 bits per heavy atom. The van der Waals surface area contributed by atoms with E-state index in [1.54, 1.807) is 7.11 Å². The smallest absolute Gasteiger partial charge is 0.223 e. The Morgan fingerprint density at radius 1 is 1.46 bits per heavy atom. The summed E-state index contributed by atoms with van der Waals surface area (Å²) < 4.78 is 5.15. The van der Waals surface area contributed by atoms with Crippen LogP contribution in [0.4, 0.5) is 5.95 Å². The molecule has 0 aromatic carbocycles. The van der Waals surface area contributed by atoms with Gasteiger partial charge in [-0.3, -0.25) is 0 Å². The van der Waals surface area contributed by atoms with Gasteiger partial charge in [0.1, 0.15) is 0 Å². The molecule has 0 spiro atoms. The summed E-state index contributed by atoms with van der Waals surface area (Å²) in [7, 11) is 1.61. The number of fused-ring (bicyclic) bond motifs is 1. The molecule has 1 aromatic heterocycles. The van der Waals surface area contributed by atoms with E-state index in [4.69, 9.17) is 10.5 Å². The first-order chi connectivity index (χ1) is 6.31. The number of rotatable bonds is 1. The van der Waals surface area contributed by atoms with Crippen molar-refractivity contribution in [3.63, 3.8) is 0 Å². The summed E-state index contributed by atoms with van der Waals surface area (Å²) in [6, 6.07) is 0. The van der Waals surface area contributed by atoms with Crippen LogP contribution in [0.25, 0.3) is 0 Å². The van der Waals surface area contributed by atoms with Crippen molar-refractivity contribution >= 4 is 17.7 Å². The van der Waals surface area contributed by atoms with Crippen LogP contribution in [0.1, 0.15) is 11.3 Å². The van der Waals surface area contributed by atoms with Gasteiger partial charge in [-0.15, -0.1) is 0 Å². The van der Waals surface area contributed by atoms with Crippen molar-refractivity contribution in [2.45, 2.75) is 12.2 Å². The van der Waals surface area contributed by atoms with E-state index in [0.29, 0.717) is 11.8 Å². The highest BCUT2D eigenvalue weighted by molar-refractivity contribution is 7.98. The number of hydrogen-bond donors (Lipinski definition) is 1. The third-order valence-corrected chi connectivity index (χ3v) is 2.97. The van der Waals surface area contributed by atoms with Crippen LogP contribution in [-0.4, -0.2) is 22.8 Å². The van der Waals surface area contributed by atoms with Crippen molar-refractivity contribution in [1.29, 1.82) is 0 Å². The summed E-state index contributed by atoms with van der Waals surface area (Å²) in [5.74, 6) is 2.97. The topological polar surface area (TPSA) is 61.0 Å². The second kappa shape index (κ2) is 3.41. The fourth-order valence-electron chi connectivity index (χ4n) is 1.41. The number of nitrogen functional groups attached to an aromatic ring is 1. The Kier molecular flexibility index (Phi) is 2.26. The van der Waals surface area contributed by atoms with Gasteiger partial charge >= 0.3 is 0 Å². The lowest BCUT2D eigenvalue weighted by molar-refractivity contribution is 0.391. The molecule has 0 unspecified atom stereocenters. The first-order valence-corrected chi connectivity index (χ1v) is 5.23. The van der Waals surface area contributed by atoms with Crippen molar-refractivity contribution in [2.75, 3.05) is 18.6 Å². The van der Waals surface area contributed by atoms with Crippen LogP contribution in [0.2, 0.25) is 0 Å². The van der Waals surface area contributed by atoms with Crippen LogP contribution in [0, 0.1) is 0 Å². The molecule has 1 aromatic rings. The van der Waals surface area contributed by atoms with Gasteiger partial charge in [0.25, 0.3) is 0 Å². The predicted octanol–water partition coefficient (Wildman–Crippen LogP) is 0.857. The lowest BCUT2D eigenvalue weighted by Gasteiger charge is -2.16. The second-order valence-corrected chi connectivity index (χ2v) is 3.92. The van der Waals surface area contributed by atoms with E-state index in [2.05, 4.69) is 9.97 Å². The SMILES string of the molecule is COc1nc(N)nc2c1CCSC2. The van der Waals surface area contributed by atoms with E-state index in [9.17, 15) is 0 Å². The van der Waals surface area contributed by atoms with Crippen molar-refractivity contribution in [3.05, 3.63) is 11.3 Å². The number of hydrogen-bond acceptors (Lipinski definition) is 5. The van der Waals surface area contributed by atoms with Crippen LogP contribution < -0.4 is 10.5 Å². The average Bonchev–Trinajstić information content (AvgIpc) is 2.16. The van der Waals surface area contributed by atoms with Crippen LogP contribution in [-0.2, 0) is 12.2 Å². The second-order valence-electron chi connectivity index (χ2n) is 2.82. The Bertz CT molecular complexity index is 312. The molecule has 1 aliphatic rings. The monoisotopic (exact) mass is 197 g/mol. The first-order valence-electron chi connectivity index (χ1n) is 4.08. The lowest BCUT2D eigenvalue weighted by Crippen LogP contribution is -2.11. The molecular formula is C8H11N3OS. The molecule has 2 heterocycles. The molecule has 4 nitrogen and oxygen atoms in total. The van der Waals surface area contributed by atoms with E-state index >= 15 is 0 Å². The molecule has 5 heteroatoms. The van der Waals surface area contributed by atoms with Crippen molar-refractivity contribution in [2.24, 2.45) is 0 Å². The Morgan fingerprint density at radius 2 is 2.31 bits per heavy atom. The maximum absolute atomic E-state index is 5.55. The quantitative estimate of drug-likeness (QED) is 0.723. The number of aromatic nitrogens is 2. The van der Waals surface area contributed by atoms with Crippen molar-refractivity contribution in [1.82, 2.24) is 9.97 Å². The van der Waals surface area contributed by atoms with Crippen LogP contribution in [0.15, 0.2) is 0 Å². The summed E-state index contributed by atoms with van der Waals surface area (Å²) >= 11 is 1.86. The number of ether oxygens (including phenoxy) is 1. The van der Waals surface area contributed by atoms with Gasteiger partial charge in [0.2, 0.25) is 11.8 Å². The van der Waals surface area contributed by atoms with Crippen molar-refractivity contribution in [3.8, 4) is 5.88 Å². The molecule has 0 aliphatic carbocycles. The Hall–Kier alpha value is -0.970. The molecule has 0 radical (unpaired) electrons. The van der Waals surface area contributed by atoms with E-state index in [-0.39, 0.29) is 0 Å². The van der Waals surface area contributed by atoms with E-state index in [1.807, 2.05) is 11.8 Å². The highest BCUT2D eigenvalue weighted by atomic mass is 32.2. The molecule has 0 amide bonds. The zero-order valence-corrected chi connectivity index (χ0v) is 8.23. The molecule has 2 N–H and O–H groups in total. The molecule has 0 atom stereocenters. The normalized spacial score (nSPS) is 15.2. The van der Waals surface area contributed by atoms with E-state index < -0.39 is 0 Å². The van der Waals surface area contributed by atoms with Crippen LogP contribution in [0.3, 0.4) is 0 Å². The number of anilines is 1. The summed E-state index contributed by atoms with van der Waals surface area (Å²) in [6.07, 6.45) is 0.976. The Labute approximate surface area is 80.9 Å². The third kappa shape index (κ3) is 1.56. The average molecular weight is 197 g/mol. The minimum atomic E-state index is 0.304. The van der Waals surface area contributed by atoms with Gasteiger partial charge < -0.3 is 10.5 Å². The highest BCUT2D eigenvalue weighted by Gasteiger charge is 2.17. The molecule has 0 saturated carbocycles. The molecule has 70 valence electrons. The van der Waals surface area contributed by atoms with Gasteiger partial charge in [-0.25, -0.2) is 4.98 Å². The standard InChI is InChI=1S/C8H11N3OS/c1-12-7-5-2-3-13-4-6(5)10-8(9)11-7/h2-4H2,1H3,(H2,9,10,11). The zero-order valence-electron chi connectivity index (χ0n) is 7.41. The van der Waals surface area contributed by atoms with E-state index in [1.165, 1.54) is 0 Å². The maximum Gasteiger partial charge on any atom is 0.223 e. The molecule has 0 bridgehead atoms. The fraction of sp³-hybridized carbons (Fsp3) is 0.500. The largest absolute Gasteiger partial charge is 0.481 e. The number of nitrogens with two attached hydrogens (primary N) is 1. The summed E-state index contributed by atoms with van der Waals surface area (Å²) in [4.78, 5) is 8.23. The molecule has 0 saturated heterocycles. The molecule has 2 rings (SSSR count). The Balaban J connectivity index is 2.50. The number of methoxy groups -OCH3 is 1. The van der Waals surface area contributed by atoms with Gasteiger partial charge in [0.15, 0.2) is 0 Å². The fourth-order valence-corrected chi connectivity index (χ4v) is 2.33. The maximum atomic E-state index is 5.55. The van der Waals surface area contributed by atoms with Gasteiger partial charge in [-0.2, -0.15) is 16.7 Å². The first kappa shape index (κ1) is 8.62. The van der Waals surface area contributed by atoms with Gasteiger partial charge in [0, 0.05) is 11.3 Å². The van der Waals surface area contributed by atoms with Gasteiger partial charge in [-0.05, 0) is 12.2 Å². The van der Waals surface area contributed by atoms with Gasteiger partial charge in [-0.1, -0.05) is 0 Å². The number of thioether (sulfide) groups is 1. The number of nitrogens with zero attached hydrogens (tertiary/aromatic N) is 2.